The minimum atomic E-state index is -4.00. The fourth-order valence-corrected chi connectivity index (χ4v) is 4.07. The molecule has 0 aromatic heterocycles. The Kier molecular flexibility index (Phi) is 8.46. The number of nitrogens with one attached hydrogen (secondary N) is 2. The molecule has 3 aromatic carbocycles. The summed E-state index contributed by atoms with van der Waals surface area (Å²) in [5, 5.41) is 5.43. The molecule has 7 nitrogen and oxygen atoms in total. The molecule has 0 aliphatic heterocycles. The lowest BCUT2D eigenvalue weighted by molar-refractivity contribution is -0.117. The number of hydrogen-bond donors (Lipinski definition) is 2. The van der Waals surface area contributed by atoms with Gasteiger partial charge in [0.1, 0.15) is 16.3 Å². The summed E-state index contributed by atoms with van der Waals surface area (Å²) in [5.74, 6) is -0.993. The first kappa shape index (κ1) is 25.7. The highest BCUT2D eigenvalue weighted by molar-refractivity contribution is 7.87. The van der Waals surface area contributed by atoms with Gasteiger partial charge in [0.2, 0.25) is 0 Å². The number of amides is 2. The topological polar surface area (TPSA) is 102 Å². The number of carbonyl (C=O) groups excluding carboxylic acids is 2. The Balaban J connectivity index is 1.82. The zero-order valence-electron chi connectivity index (χ0n) is 18.8. The first-order chi connectivity index (χ1) is 16.7. The van der Waals surface area contributed by atoms with Crippen LogP contribution in [0.25, 0.3) is 6.08 Å². The van der Waals surface area contributed by atoms with Crippen LogP contribution in [0.2, 0.25) is 5.02 Å². The van der Waals surface area contributed by atoms with Gasteiger partial charge in [-0.25, -0.2) is 0 Å². The summed E-state index contributed by atoms with van der Waals surface area (Å²) in [5.41, 5.74) is 1.63. The first-order valence-corrected chi connectivity index (χ1v) is 12.3. The third-order valence-corrected chi connectivity index (χ3v) is 6.32. The van der Waals surface area contributed by atoms with Crippen molar-refractivity contribution in [1.29, 1.82) is 0 Å². The van der Waals surface area contributed by atoms with E-state index in [0.717, 1.165) is 5.56 Å². The molecule has 0 unspecified atom stereocenters. The van der Waals surface area contributed by atoms with Gasteiger partial charge < -0.3 is 14.8 Å². The van der Waals surface area contributed by atoms with Crippen LogP contribution in [0.3, 0.4) is 0 Å². The molecule has 0 spiro atoms. The first-order valence-electron chi connectivity index (χ1n) is 10.5. The molecule has 0 saturated heterocycles. The maximum atomic E-state index is 12.7. The van der Waals surface area contributed by atoms with Crippen LogP contribution < -0.4 is 14.8 Å². The molecule has 0 atom stereocenters. The number of aryl methyl sites for hydroxylation is 1. The van der Waals surface area contributed by atoms with Crippen molar-refractivity contribution >= 4 is 39.6 Å². The van der Waals surface area contributed by atoms with E-state index < -0.39 is 21.9 Å². The summed E-state index contributed by atoms with van der Waals surface area (Å²) >= 11 is 6.09. The Morgan fingerprint density at radius 3 is 2.29 bits per heavy atom. The molecule has 0 aliphatic rings. The number of carbonyl (C=O) groups is 2. The Morgan fingerprint density at radius 2 is 1.66 bits per heavy atom. The maximum Gasteiger partial charge on any atom is 0.339 e. The predicted molar refractivity (Wildman–Crippen MR) is 136 cm³/mol. The van der Waals surface area contributed by atoms with E-state index in [1.54, 1.807) is 42.5 Å². The predicted octanol–water partition coefficient (Wildman–Crippen LogP) is 4.49. The zero-order valence-corrected chi connectivity index (χ0v) is 20.4. The van der Waals surface area contributed by atoms with Crippen LogP contribution in [0, 0.1) is 6.92 Å². The molecular weight excluding hydrogens is 488 g/mol. The molecule has 35 heavy (non-hydrogen) atoms. The summed E-state index contributed by atoms with van der Waals surface area (Å²) in [7, 11) is -4.00. The molecule has 0 saturated carbocycles. The normalized spacial score (nSPS) is 11.4. The number of halogens is 1. The standard InChI is InChI=1S/C26H23ClN2O5S/c1-3-16-28-26(31)24(29-25(30)22-6-4-5-7-23(22)27)17-19-10-12-20(13-11-19)34-35(32,33)21-14-8-18(2)9-15-21/h3-15,17H,1,16H2,2H3,(H,28,31)(H,29,30)/b24-17+. The van der Waals surface area contributed by atoms with Gasteiger partial charge in [-0.05, 0) is 55.0 Å². The maximum absolute atomic E-state index is 12.7. The molecule has 9 heteroatoms. The van der Waals surface area contributed by atoms with Crippen molar-refractivity contribution in [2.75, 3.05) is 6.54 Å². The minimum Gasteiger partial charge on any atom is -0.379 e. The van der Waals surface area contributed by atoms with Crippen molar-refractivity contribution in [3.8, 4) is 5.75 Å². The molecule has 0 bridgehead atoms. The SMILES string of the molecule is C=CCNC(=O)/C(=C\c1ccc(OS(=O)(=O)c2ccc(C)cc2)cc1)NC(=O)c1ccccc1Cl. The lowest BCUT2D eigenvalue weighted by Crippen LogP contribution is -2.35. The van der Waals surface area contributed by atoms with Gasteiger partial charge in [0.05, 0.1) is 10.6 Å². The molecule has 0 heterocycles. The van der Waals surface area contributed by atoms with Crippen LogP contribution >= 0.6 is 11.6 Å². The zero-order chi connectivity index (χ0) is 25.4. The van der Waals surface area contributed by atoms with E-state index in [4.69, 9.17) is 15.8 Å². The van der Waals surface area contributed by atoms with Crippen LogP contribution in [-0.4, -0.2) is 26.8 Å². The average molecular weight is 511 g/mol. The second-order valence-electron chi connectivity index (χ2n) is 7.41. The van der Waals surface area contributed by atoms with Crippen LogP contribution in [0.4, 0.5) is 0 Å². The quantitative estimate of drug-likeness (QED) is 0.251. The summed E-state index contributed by atoms with van der Waals surface area (Å²) in [4.78, 5) is 25.3. The molecule has 2 N–H and O–H groups in total. The third-order valence-electron chi connectivity index (χ3n) is 4.72. The molecule has 2 amide bonds. The fraction of sp³-hybridized carbons (Fsp3) is 0.0769. The molecular formula is C26H23ClN2O5S. The number of benzene rings is 3. The Bertz CT molecular complexity index is 1370. The van der Waals surface area contributed by atoms with E-state index in [1.165, 1.54) is 42.5 Å². The Labute approximate surface area is 209 Å². The highest BCUT2D eigenvalue weighted by Crippen LogP contribution is 2.21. The minimum absolute atomic E-state index is 0.0299. The molecule has 0 radical (unpaired) electrons. The van der Waals surface area contributed by atoms with Gasteiger partial charge in [-0.2, -0.15) is 8.42 Å². The van der Waals surface area contributed by atoms with Crippen molar-refractivity contribution in [3.05, 3.63) is 113 Å². The van der Waals surface area contributed by atoms with Gasteiger partial charge in [-0.15, -0.1) is 6.58 Å². The monoisotopic (exact) mass is 510 g/mol. The highest BCUT2D eigenvalue weighted by atomic mass is 35.5. The lowest BCUT2D eigenvalue weighted by atomic mass is 10.1. The van der Waals surface area contributed by atoms with E-state index in [2.05, 4.69) is 17.2 Å². The van der Waals surface area contributed by atoms with Crippen molar-refractivity contribution < 1.29 is 22.2 Å². The molecule has 180 valence electrons. The van der Waals surface area contributed by atoms with Gasteiger partial charge in [0, 0.05) is 6.54 Å². The average Bonchev–Trinajstić information content (AvgIpc) is 2.83. The van der Waals surface area contributed by atoms with E-state index in [0.29, 0.717) is 5.56 Å². The fourth-order valence-electron chi connectivity index (χ4n) is 2.92. The van der Waals surface area contributed by atoms with Crippen LogP contribution in [0.1, 0.15) is 21.5 Å². The molecule has 0 aliphatic carbocycles. The van der Waals surface area contributed by atoms with Gasteiger partial charge in [0.15, 0.2) is 0 Å². The molecule has 0 fully saturated rings. The van der Waals surface area contributed by atoms with E-state index in [9.17, 15) is 18.0 Å². The lowest BCUT2D eigenvalue weighted by Gasteiger charge is -2.11. The Hall–Kier alpha value is -3.88. The number of hydrogen-bond acceptors (Lipinski definition) is 5. The van der Waals surface area contributed by atoms with Crippen molar-refractivity contribution in [1.82, 2.24) is 10.6 Å². The largest absolute Gasteiger partial charge is 0.379 e. The van der Waals surface area contributed by atoms with Crippen molar-refractivity contribution in [2.45, 2.75) is 11.8 Å². The van der Waals surface area contributed by atoms with Gasteiger partial charge in [-0.1, -0.05) is 59.6 Å². The second kappa shape index (κ2) is 11.5. The summed E-state index contributed by atoms with van der Waals surface area (Å²) in [6.07, 6.45) is 2.96. The van der Waals surface area contributed by atoms with Gasteiger partial charge in [0.25, 0.3) is 11.8 Å². The summed E-state index contributed by atoms with van der Waals surface area (Å²) < 4.78 is 30.2. The molecule has 3 aromatic rings. The number of rotatable bonds is 9. The second-order valence-corrected chi connectivity index (χ2v) is 9.36. The van der Waals surface area contributed by atoms with Crippen LogP contribution in [0.5, 0.6) is 5.75 Å². The highest BCUT2D eigenvalue weighted by Gasteiger charge is 2.18. The van der Waals surface area contributed by atoms with Crippen molar-refractivity contribution in [3.63, 3.8) is 0 Å². The summed E-state index contributed by atoms with van der Waals surface area (Å²) in [6.45, 7) is 5.61. The third kappa shape index (κ3) is 7.05. The van der Waals surface area contributed by atoms with E-state index in [1.807, 2.05) is 6.92 Å². The summed E-state index contributed by atoms with van der Waals surface area (Å²) in [6, 6.07) is 18.8. The van der Waals surface area contributed by atoms with Gasteiger partial charge in [-0.3, -0.25) is 9.59 Å². The molecule has 3 rings (SSSR count). The van der Waals surface area contributed by atoms with Gasteiger partial charge >= 0.3 is 10.1 Å². The van der Waals surface area contributed by atoms with E-state index in [-0.39, 0.29) is 33.5 Å². The van der Waals surface area contributed by atoms with Crippen LogP contribution in [0.15, 0.2) is 96.0 Å². The smallest absolute Gasteiger partial charge is 0.339 e. The van der Waals surface area contributed by atoms with E-state index >= 15 is 0 Å². The van der Waals surface area contributed by atoms with Crippen molar-refractivity contribution in [2.24, 2.45) is 0 Å². The van der Waals surface area contributed by atoms with Crippen LogP contribution in [-0.2, 0) is 14.9 Å². The Morgan fingerprint density at radius 1 is 1.00 bits per heavy atom.